The fraction of sp³-hybridized carbons (Fsp3) is 0.286. The Morgan fingerprint density at radius 3 is 2.89 bits per heavy atom. The van der Waals surface area contributed by atoms with Crippen LogP contribution in [0.2, 0.25) is 0 Å². The molecule has 1 aliphatic heterocycles. The minimum absolute atomic E-state index is 0.232. The van der Waals surface area contributed by atoms with Crippen molar-refractivity contribution in [1.82, 2.24) is 25.0 Å². The Balaban J connectivity index is 1.69. The van der Waals surface area contributed by atoms with Gasteiger partial charge in [-0.3, -0.25) is 9.78 Å². The third-order valence-corrected chi connectivity index (χ3v) is 6.02. The van der Waals surface area contributed by atoms with E-state index in [-0.39, 0.29) is 5.82 Å². The van der Waals surface area contributed by atoms with Crippen LogP contribution in [-0.4, -0.2) is 25.0 Å². The Bertz CT molecular complexity index is 1190. The van der Waals surface area contributed by atoms with Crippen molar-refractivity contribution in [3.63, 3.8) is 0 Å². The smallest absolute Gasteiger partial charge is 0.155 e. The predicted molar refractivity (Wildman–Crippen MR) is 101 cm³/mol. The molecule has 4 heterocycles. The zero-order chi connectivity index (χ0) is 18.1. The molecule has 0 saturated heterocycles. The van der Waals surface area contributed by atoms with Crippen molar-refractivity contribution in [2.45, 2.75) is 38.1 Å². The van der Waals surface area contributed by atoms with Crippen LogP contribution in [0.5, 0.6) is 0 Å². The normalized spacial score (nSPS) is 20.5. The second-order valence-corrected chi connectivity index (χ2v) is 7.67. The van der Waals surface area contributed by atoms with Crippen molar-refractivity contribution < 1.29 is 4.39 Å². The van der Waals surface area contributed by atoms with E-state index in [1.165, 1.54) is 37.1 Å². The Labute approximate surface area is 155 Å². The molecule has 1 aromatic carbocycles. The third kappa shape index (κ3) is 2.07. The van der Waals surface area contributed by atoms with Crippen LogP contribution in [0.15, 0.2) is 36.5 Å². The highest BCUT2D eigenvalue weighted by Crippen LogP contribution is 2.54. The molecule has 1 N–H and O–H groups in total. The first-order valence-corrected chi connectivity index (χ1v) is 9.38. The summed E-state index contributed by atoms with van der Waals surface area (Å²) in [6.07, 6.45) is 5.42. The highest BCUT2D eigenvalue weighted by molar-refractivity contribution is 5.98. The van der Waals surface area contributed by atoms with Gasteiger partial charge < -0.3 is 0 Å². The lowest BCUT2D eigenvalue weighted by Gasteiger charge is -2.15. The van der Waals surface area contributed by atoms with Gasteiger partial charge in [0.15, 0.2) is 5.65 Å². The van der Waals surface area contributed by atoms with Crippen LogP contribution in [0.25, 0.3) is 33.4 Å². The Kier molecular flexibility index (Phi) is 2.93. The lowest BCUT2D eigenvalue weighted by molar-refractivity contribution is 0.478. The molecule has 1 fully saturated rings. The first-order chi connectivity index (χ1) is 13.2. The standard InChI is InChI=1S/C21H18FN5/c1-11-8-16(17-10-23-25-21(17)24-11)18-19(12-2-5-14(22)6-3-12)26-27-15-7-4-13(9-15)20(18)27/h2-3,5-6,8,10,13,15H,4,7,9H2,1H3,(H,23,24,25)/t13-,15+/m1/s1. The molecule has 2 bridgehead atoms. The molecule has 6 rings (SSSR count). The topological polar surface area (TPSA) is 59.4 Å². The van der Waals surface area contributed by atoms with Crippen molar-refractivity contribution >= 4 is 11.0 Å². The molecule has 6 heteroatoms. The second kappa shape index (κ2) is 5.25. The minimum Gasteiger partial charge on any atom is -0.265 e. The molecule has 4 aromatic rings. The predicted octanol–water partition coefficient (Wildman–Crippen LogP) is 4.76. The quantitative estimate of drug-likeness (QED) is 0.561. The molecule has 134 valence electrons. The van der Waals surface area contributed by atoms with Crippen LogP contribution < -0.4 is 0 Å². The van der Waals surface area contributed by atoms with Crippen LogP contribution in [0.3, 0.4) is 0 Å². The second-order valence-electron chi connectivity index (χ2n) is 7.67. The monoisotopic (exact) mass is 359 g/mol. The summed E-state index contributed by atoms with van der Waals surface area (Å²) in [5, 5.41) is 13.2. The van der Waals surface area contributed by atoms with E-state index >= 15 is 0 Å². The Morgan fingerprint density at radius 2 is 2.04 bits per heavy atom. The van der Waals surface area contributed by atoms with E-state index in [4.69, 9.17) is 5.10 Å². The molecule has 0 spiro atoms. The summed E-state index contributed by atoms with van der Waals surface area (Å²) < 4.78 is 15.7. The molecular weight excluding hydrogens is 341 g/mol. The van der Waals surface area contributed by atoms with Crippen LogP contribution in [-0.2, 0) is 0 Å². The van der Waals surface area contributed by atoms with Crippen molar-refractivity contribution in [2.75, 3.05) is 0 Å². The molecule has 5 nitrogen and oxygen atoms in total. The minimum atomic E-state index is -0.232. The molecule has 0 amide bonds. The average molecular weight is 359 g/mol. The maximum absolute atomic E-state index is 13.5. The average Bonchev–Trinajstić information content (AvgIpc) is 3.42. The van der Waals surface area contributed by atoms with E-state index in [0.29, 0.717) is 12.0 Å². The number of aryl methyl sites for hydroxylation is 1. The lowest BCUT2D eigenvalue weighted by Crippen LogP contribution is -2.07. The number of nitrogens with zero attached hydrogens (tertiary/aromatic N) is 4. The Hall–Kier alpha value is -3.02. The van der Waals surface area contributed by atoms with Crippen LogP contribution in [0.4, 0.5) is 4.39 Å². The molecule has 2 aliphatic rings. The highest BCUT2D eigenvalue weighted by atomic mass is 19.1. The zero-order valence-corrected chi connectivity index (χ0v) is 14.9. The van der Waals surface area contributed by atoms with Gasteiger partial charge in [-0.2, -0.15) is 10.2 Å². The molecule has 27 heavy (non-hydrogen) atoms. The van der Waals surface area contributed by atoms with Crippen molar-refractivity contribution in [3.05, 3.63) is 53.7 Å². The number of fused-ring (bicyclic) bond motifs is 6. The summed E-state index contributed by atoms with van der Waals surface area (Å²) in [6.45, 7) is 2.00. The van der Waals surface area contributed by atoms with E-state index in [9.17, 15) is 4.39 Å². The summed E-state index contributed by atoms with van der Waals surface area (Å²) >= 11 is 0. The van der Waals surface area contributed by atoms with Gasteiger partial charge in [-0.1, -0.05) is 0 Å². The number of pyridine rings is 1. The number of hydrogen-bond donors (Lipinski definition) is 1. The summed E-state index contributed by atoms with van der Waals surface area (Å²) in [4.78, 5) is 4.57. The SMILES string of the molecule is Cc1cc(-c2c(-c3ccc(F)cc3)nn3c2[C@@H]2CC[C@H]3C2)c2cn[nH]c2n1. The summed E-state index contributed by atoms with van der Waals surface area (Å²) in [5.41, 5.74) is 7.19. The number of aromatic nitrogens is 5. The molecule has 1 saturated carbocycles. The van der Waals surface area contributed by atoms with Gasteiger partial charge in [0.25, 0.3) is 0 Å². The molecule has 0 unspecified atom stereocenters. The first kappa shape index (κ1) is 15.1. The summed E-state index contributed by atoms with van der Waals surface area (Å²) in [7, 11) is 0. The number of aromatic amines is 1. The number of nitrogens with one attached hydrogen (secondary N) is 1. The van der Waals surface area contributed by atoms with Gasteiger partial charge in [0.2, 0.25) is 0 Å². The van der Waals surface area contributed by atoms with Gasteiger partial charge >= 0.3 is 0 Å². The molecule has 1 aliphatic carbocycles. The summed E-state index contributed by atoms with van der Waals surface area (Å²) in [5.74, 6) is 0.311. The van der Waals surface area contributed by atoms with E-state index < -0.39 is 0 Å². The van der Waals surface area contributed by atoms with Crippen LogP contribution in [0, 0.1) is 12.7 Å². The van der Waals surface area contributed by atoms with Gasteiger partial charge in [0.1, 0.15) is 11.5 Å². The van der Waals surface area contributed by atoms with Crippen molar-refractivity contribution in [2.24, 2.45) is 0 Å². The van der Waals surface area contributed by atoms with Crippen LogP contribution in [0.1, 0.15) is 42.6 Å². The molecular formula is C21H18FN5. The third-order valence-electron chi connectivity index (χ3n) is 6.02. The van der Waals surface area contributed by atoms with Gasteiger partial charge in [-0.05, 0) is 56.5 Å². The highest BCUT2D eigenvalue weighted by Gasteiger charge is 2.41. The molecule has 0 radical (unpaired) electrons. The maximum Gasteiger partial charge on any atom is 0.155 e. The zero-order valence-electron chi connectivity index (χ0n) is 14.9. The maximum atomic E-state index is 13.5. The first-order valence-electron chi connectivity index (χ1n) is 9.38. The summed E-state index contributed by atoms with van der Waals surface area (Å²) in [6, 6.07) is 9.25. The van der Waals surface area contributed by atoms with Gasteiger partial charge in [-0.15, -0.1) is 0 Å². The Morgan fingerprint density at radius 1 is 1.19 bits per heavy atom. The van der Waals surface area contributed by atoms with Gasteiger partial charge in [0, 0.05) is 33.7 Å². The lowest BCUT2D eigenvalue weighted by atomic mass is 9.91. The number of hydrogen-bond acceptors (Lipinski definition) is 3. The number of rotatable bonds is 2. The number of H-pyrrole nitrogens is 1. The molecule has 2 atom stereocenters. The van der Waals surface area contributed by atoms with E-state index in [1.807, 2.05) is 25.3 Å². The van der Waals surface area contributed by atoms with Crippen molar-refractivity contribution in [3.8, 4) is 22.4 Å². The molecule has 3 aromatic heterocycles. The van der Waals surface area contributed by atoms with Crippen LogP contribution >= 0.6 is 0 Å². The van der Waals surface area contributed by atoms with E-state index in [1.54, 1.807) is 0 Å². The number of halogens is 1. The van der Waals surface area contributed by atoms with E-state index in [0.717, 1.165) is 39.1 Å². The number of benzene rings is 1. The van der Waals surface area contributed by atoms with Gasteiger partial charge in [0.05, 0.1) is 17.9 Å². The fourth-order valence-corrected chi connectivity index (χ4v) is 4.88. The van der Waals surface area contributed by atoms with E-state index in [2.05, 4.69) is 25.9 Å². The van der Waals surface area contributed by atoms with Crippen molar-refractivity contribution in [1.29, 1.82) is 0 Å². The fourth-order valence-electron chi connectivity index (χ4n) is 4.88. The largest absolute Gasteiger partial charge is 0.265 e. The van der Waals surface area contributed by atoms with Gasteiger partial charge in [-0.25, -0.2) is 9.37 Å².